The molecule has 1 aliphatic heterocycles. The SMILES string of the molecule is CC[C@H](C)NC(=O)C1(Cc2cccc(-c3ccccc3OC)c2)CCOCC1. The van der Waals surface area contributed by atoms with Crippen molar-refractivity contribution in [2.75, 3.05) is 20.3 Å². The molecule has 0 unspecified atom stereocenters. The molecule has 0 aliphatic carbocycles. The van der Waals surface area contributed by atoms with Crippen molar-refractivity contribution in [3.8, 4) is 16.9 Å². The van der Waals surface area contributed by atoms with E-state index in [9.17, 15) is 4.79 Å². The Hall–Kier alpha value is -2.33. The number of rotatable bonds is 7. The van der Waals surface area contributed by atoms with Crippen molar-refractivity contribution >= 4 is 5.91 Å². The normalized spacial score (nSPS) is 17.0. The summed E-state index contributed by atoms with van der Waals surface area (Å²) in [5.74, 6) is 1.02. The summed E-state index contributed by atoms with van der Waals surface area (Å²) in [6.07, 6.45) is 3.17. The lowest BCUT2D eigenvalue weighted by Gasteiger charge is -2.37. The van der Waals surface area contributed by atoms with Crippen LogP contribution < -0.4 is 10.1 Å². The van der Waals surface area contributed by atoms with Crippen molar-refractivity contribution in [2.24, 2.45) is 5.41 Å². The summed E-state index contributed by atoms with van der Waals surface area (Å²) >= 11 is 0. The Morgan fingerprint density at radius 1 is 1.18 bits per heavy atom. The molecular weight excluding hydrogens is 350 g/mol. The quantitative estimate of drug-likeness (QED) is 0.761. The number of carbonyl (C=O) groups excluding carboxylic acids is 1. The van der Waals surface area contributed by atoms with Crippen molar-refractivity contribution in [3.63, 3.8) is 0 Å². The third kappa shape index (κ3) is 4.56. The van der Waals surface area contributed by atoms with Gasteiger partial charge >= 0.3 is 0 Å². The molecule has 0 aromatic heterocycles. The zero-order valence-corrected chi connectivity index (χ0v) is 17.2. The Morgan fingerprint density at radius 2 is 1.93 bits per heavy atom. The third-order valence-corrected chi connectivity index (χ3v) is 5.81. The van der Waals surface area contributed by atoms with Gasteiger partial charge in [-0.3, -0.25) is 4.79 Å². The lowest BCUT2D eigenvalue weighted by Crippen LogP contribution is -2.48. The van der Waals surface area contributed by atoms with Crippen LogP contribution in [0.15, 0.2) is 48.5 Å². The number of benzene rings is 2. The molecule has 150 valence electrons. The van der Waals surface area contributed by atoms with Gasteiger partial charge in [0, 0.05) is 24.8 Å². The van der Waals surface area contributed by atoms with Gasteiger partial charge in [-0.1, -0.05) is 49.4 Å². The lowest BCUT2D eigenvalue weighted by atomic mass is 9.74. The summed E-state index contributed by atoms with van der Waals surface area (Å²) < 4.78 is 11.1. The second kappa shape index (κ2) is 9.24. The van der Waals surface area contributed by atoms with E-state index in [-0.39, 0.29) is 11.9 Å². The molecule has 28 heavy (non-hydrogen) atoms. The van der Waals surface area contributed by atoms with Crippen molar-refractivity contribution in [2.45, 2.75) is 45.6 Å². The van der Waals surface area contributed by atoms with Gasteiger partial charge < -0.3 is 14.8 Å². The van der Waals surface area contributed by atoms with Crippen LogP contribution in [0.25, 0.3) is 11.1 Å². The van der Waals surface area contributed by atoms with E-state index in [4.69, 9.17) is 9.47 Å². The van der Waals surface area contributed by atoms with Gasteiger partial charge in [-0.25, -0.2) is 0 Å². The van der Waals surface area contributed by atoms with Gasteiger partial charge in [0.15, 0.2) is 0 Å². The van der Waals surface area contributed by atoms with Gasteiger partial charge in [0.1, 0.15) is 5.75 Å². The second-order valence-corrected chi connectivity index (χ2v) is 7.75. The van der Waals surface area contributed by atoms with Crippen molar-refractivity contribution < 1.29 is 14.3 Å². The topological polar surface area (TPSA) is 47.6 Å². The van der Waals surface area contributed by atoms with Crippen LogP contribution in [0.1, 0.15) is 38.7 Å². The molecule has 4 nitrogen and oxygen atoms in total. The smallest absolute Gasteiger partial charge is 0.226 e. The van der Waals surface area contributed by atoms with Gasteiger partial charge in [-0.05, 0) is 49.8 Å². The average molecular weight is 382 g/mol. The fraction of sp³-hybridized carbons (Fsp3) is 0.458. The van der Waals surface area contributed by atoms with Crippen molar-refractivity contribution in [1.29, 1.82) is 0 Å². The van der Waals surface area contributed by atoms with E-state index in [0.717, 1.165) is 42.6 Å². The number of para-hydroxylation sites is 1. The highest BCUT2D eigenvalue weighted by atomic mass is 16.5. The summed E-state index contributed by atoms with van der Waals surface area (Å²) in [7, 11) is 1.69. The molecule has 1 fully saturated rings. The largest absolute Gasteiger partial charge is 0.496 e. The molecule has 0 spiro atoms. The molecule has 4 heteroatoms. The minimum atomic E-state index is -0.402. The van der Waals surface area contributed by atoms with Crippen LogP contribution in [0.5, 0.6) is 5.75 Å². The van der Waals surface area contributed by atoms with Gasteiger partial charge in [0.05, 0.1) is 12.5 Å². The van der Waals surface area contributed by atoms with Crippen LogP contribution in [0, 0.1) is 5.41 Å². The molecular formula is C24H31NO3. The van der Waals surface area contributed by atoms with Gasteiger partial charge in [-0.2, -0.15) is 0 Å². The molecule has 2 aromatic rings. The standard InChI is InChI=1S/C24H31NO3/c1-4-18(2)25-23(26)24(12-14-28-15-13-24)17-19-8-7-9-20(16-19)21-10-5-6-11-22(21)27-3/h5-11,16,18H,4,12-15,17H2,1-3H3,(H,25,26)/t18-/m0/s1. The zero-order valence-electron chi connectivity index (χ0n) is 17.2. The Morgan fingerprint density at radius 3 is 2.64 bits per heavy atom. The number of nitrogens with one attached hydrogen (secondary N) is 1. The minimum absolute atomic E-state index is 0.160. The summed E-state index contributed by atoms with van der Waals surface area (Å²) in [6, 6.07) is 16.7. The third-order valence-electron chi connectivity index (χ3n) is 5.81. The van der Waals surface area contributed by atoms with Gasteiger partial charge in [0.25, 0.3) is 0 Å². The van der Waals surface area contributed by atoms with Crippen LogP contribution >= 0.6 is 0 Å². The van der Waals surface area contributed by atoms with Gasteiger partial charge in [0.2, 0.25) is 5.91 Å². The van der Waals surface area contributed by atoms with Gasteiger partial charge in [-0.15, -0.1) is 0 Å². The summed E-state index contributed by atoms with van der Waals surface area (Å²) in [4.78, 5) is 13.2. The fourth-order valence-electron chi connectivity index (χ4n) is 3.85. The number of hydrogen-bond acceptors (Lipinski definition) is 3. The Kier molecular flexibility index (Phi) is 6.74. The first kappa shape index (κ1) is 20.4. The van der Waals surface area contributed by atoms with Crippen molar-refractivity contribution in [1.82, 2.24) is 5.32 Å². The Labute approximate surface area is 168 Å². The maximum atomic E-state index is 13.2. The highest BCUT2D eigenvalue weighted by molar-refractivity contribution is 5.83. The number of hydrogen-bond donors (Lipinski definition) is 1. The van der Waals surface area contributed by atoms with E-state index in [2.05, 4.69) is 49.5 Å². The number of amides is 1. The number of carbonyl (C=O) groups is 1. The summed E-state index contributed by atoms with van der Waals surface area (Å²) in [5.41, 5.74) is 2.95. The molecule has 1 amide bonds. The minimum Gasteiger partial charge on any atom is -0.496 e. The van der Waals surface area contributed by atoms with E-state index in [1.165, 1.54) is 5.56 Å². The first-order chi connectivity index (χ1) is 13.6. The molecule has 1 aliphatic rings. The molecule has 1 heterocycles. The van der Waals surface area contributed by atoms with E-state index in [0.29, 0.717) is 13.2 Å². The molecule has 1 saturated heterocycles. The first-order valence-electron chi connectivity index (χ1n) is 10.2. The highest BCUT2D eigenvalue weighted by Gasteiger charge is 2.40. The Bertz CT molecular complexity index is 796. The van der Waals surface area contributed by atoms with Crippen LogP contribution in [0.2, 0.25) is 0 Å². The summed E-state index contributed by atoms with van der Waals surface area (Å²) in [5, 5.41) is 3.21. The number of methoxy groups -OCH3 is 1. The van der Waals surface area contributed by atoms with Crippen LogP contribution in [0.4, 0.5) is 0 Å². The predicted molar refractivity (Wildman–Crippen MR) is 113 cm³/mol. The molecule has 2 aromatic carbocycles. The van der Waals surface area contributed by atoms with Crippen molar-refractivity contribution in [3.05, 3.63) is 54.1 Å². The monoisotopic (exact) mass is 381 g/mol. The lowest BCUT2D eigenvalue weighted by molar-refractivity contribution is -0.137. The fourth-order valence-corrected chi connectivity index (χ4v) is 3.85. The second-order valence-electron chi connectivity index (χ2n) is 7.75. The predicted octanol–water partition coefficient (Wildman–Crippen LogP) is 4.62. The zero-order chi connectivity index (χ0) is 20.0. The van der Waals surface area contributed by atoms with E-state index >= 15 is 0 Å². The Balaban J connectivity index is 1.88. The molecule has 0 bridgehead atoms. The molecule has 3 rings (SSSR count). The van der Waals surface area contributed by atoms with E-state index in [1.54, 1.807) is 7.11 Å². The highest BCUT2D eigenvalue weighted by Crippen LogP contribution is 2.37. The maximum absolute atomic E-state index is 13.2. The van der Waals surface area contributed by atoms with Crippen LogP contribution in [-0.4, -0.2) is 32.3 Å². The average Bonchev–Trinajstić information content (AvgIpc) is 2.74. The number of ether oxygens (including phenoxy) is 2. The first-order valence-corrected chi connectivity index (χ1v) is 10.2. The molecule has 0 radical (unpaired) electrons. The molecule has 1 N–H and O–H groups in total. The van der Waals surface area contributed by atoms with E-state index in [1.807, 2.05) is 18.2 Å². The maximum Gasteiger partial charge on any atom is 0.226 e. The molecule has 1 atom stereocenters. The van der Waals surface area contributed by atoms with Crippen LogP contribution in [0.3, 0.4) is 0 Å². The molecule has 0 saturated carbocycles. The van der Waals surface area contributed by atoms with E-state index < -0.39 is 5.41 Å². The van der Waals surface area contributed by atoms with Crippen LogP contribution in [-0.2, 0) is 16.0 Å². The summed E-state index contributed by atoms with van der Waals surface area (Å²) in [6.45, 7) is 5.44.